The molecule has 1 aromatic rings. The van der Waals surface area contributed by atoms with Gasteiger partial charge in [0, 0.05) is 0 Å². The minimum atomic E-state index is -0.321. The Morgan fingerprint density at radius 3 is 2.53 bits per heavy atom. The lowest BCUT2D eigenvalue weighted by molar-refractivity contribution is 0.0373. The molecule has 3 heteroatoms. The van der Waals surface area contributed by atoms with Crippen molar-refractivity contribution in [1.29, 1.82) is 0 Å². The van der Waals surface area contributed by atoms with Crippen molar-refractivity contribution in [2.75, 3.05) is 6.61 Å². The maximum Gasteiger partial charge on any atom is 0.342 e. The van der Waals surface area contributed by atoms with Crippen molar-refractivity contribution in [2.24, 2.45) is 0 Å². The molecule has 0 amide bonds. The lowest BCUT2D eigenvalue weighted by Gasteiger charge is -2.13. The highest BCUT2D eigenvalue weighted by Gasteiger charge is 2.15. The number of rotatable bonds is 5. The highest BCUT2D eigenvalue weighted by atomic mass is 16.5. The Kier molecular flexibility index (Phi) is 5.01. The van der Waals surface area contributed by atoms with Gasteiger partial charge in [0.15, 0.2) is 0 Å². The minimum Gasteiger partial charge on any atom is -0.493 e. The summed E-state index contributed by atoms with van der Waals surface area (Å²) in [5, 5.41) is 0. The Labute approximate surface area is 103 Å². The van der Waals surface area contributed by atoms with Gasteiger partial charge >= 0.3 is 5.97 Å². The van der Waals surface area contributed by atoms with E-state index in [-0.39, 0.29) is 12.1 Å². The van der Waals surface area contributed by atoms with E-state index in [9.17, 15) is 4.79 Å². The zero-order valence-corrected chi connectivity index (χ0v) is 10.9. The van der Waals surface area contributed by atoms with Crippen LogP contribution in [0.4, 0.5) is 0 Å². The summed E-state index contributed by atoms with van der Waals surface area (Å²) in [7, 11) is 0. The normalized spacial score (nSPS) is 10.4. The Balaban J connectivity index is 3.03. The number of ether oxygens (including phenoxy) is 2. The molecule has 0 atom stereocenters. The predicted molar refractivity (Wildman–Crippen MR) is 67.5 cm³/mol. The second-order valence-corrected chi connectivity index (χ2v) is 4.07. The molecule has 0 N–H and O–H groups in total. The largest absolute Gasteiger partial charge is 0.493 e. The second kappa shape index (κ2) is 6.28. The third-order valence-electron chi connectivity index (χ3n) is 2.31. The van der Waals surface area contributed by atoms with Crippen molar-refractivity contribution in [2.45, 2.75) is 40.2 Å². The smallest absolute Gasteiger partial charge is 0.342 e. The average Bonchev–Trinajstić information content (AvgIpc) is 2.29. The summed E-state index contributed by atoms with van der Waals surface area (Å²) < 4.78 is 10.6. The van der Waals surface area contributed by atoms with Crippen LogP contribution >= 0.6 is 0 Å². The summed E-state index contributed by atoms with van der Waals surface area (Å²) in [6, 6.07) is 5.64. The standard InChI is InChI=1S/C14H20O3/c1-5-11-7-8-13(16-6-2)12(9-11)14(15)17-10(3)4/h7-10H,5-6H2,1-4H3. The molecule has 0 spiro atoms. The zero-order chi connectivity index (χ0) is 12.8. The first-order valence-corrected chi connectivity index (χ1v) is 6.05. The highest BCUT2D eigenvalue weighted by Crippen LogP contribution is 2.22. The van der Waals surface area contributed by atoms with Crippen molar-refractivity contribution in [3.05, 3.63) is 29.3 Å². The van der Waals surface area contributed by atoms with E-state index in [1.54, 1.807) is 0 Å². The van der Waals surface area contributed by atoms with Crippen LogP contribution in [-0.4, -0.2) is 18.7 Å². The molecule has 0 aromatic heterocycles. The van der Waals surface area contributed by atoms with Crippen LogP contribution < -0.4 is 4.74 Å². The second-order valence-electron chi connectivity index (χ2n) is 4.07. The fraction of sp³-hybridized carbons (Fsp3) is 0.500. The van der Waals surface area contributed by atoms with Gasteiger partial charge in [-0.15, -0.1) is 0 Å². The molecule has 0 aliphatic rings. The van der Waals surface area contributed by atoms with Crippen LogP contribution in [0.3, 0.4) is 0 Å². The van der Waals surface area contributed by atoms with Gasteiger partial charge in [-0.2, -0.15) is 0 Å². The maximum atomic E-state index is 11.9. The van der Waals surface area contributed by atoms with Crippen LogP contribution in [0.15, 0.2) is 18.2 Å². The van der Waals surface area contributed by atoms with Crippen molar-refractivity contribution < 1.29 is 14.3 Å². The van der Waals surface area contributed by atoms with Crippen LogP contribution in [0.2, 0.25) is 0 Å². The van der Waals surface area contributed by atoms with Crippen LogP contribution in [0, 0.1) is 0 Å². The van der Waals surface area contributed by atoms with Gasteiger partial charge in [0.25, 0.3) is 0 Å². The Hall–Kier alpha value is -1.51. The summed E-state index contributed by atoms with van der Waals surface area (Å²) in [6.45, 7) is 8.15. The fourth-order valence-electron chi connectivity index (χ4n) is 1.52. The topological polar surface area (TPSA) is 35.5 Å². The van der Waals surface area contributed by atoms with Gasteiger partial charge in [0.05, 0.1) is 12.7 Å². The number of esters is 1. The van der Waals surface area contributed by atoms with Crippen LogP contribution in [0.1, 0.15) is 43.6 Å². The van der Waals surface area contributed by atoms with Crippen molar-refractivity contribution in [3.8, 4) is 5.75 Å². The Morgan fingerprint density at radius 2 is 2.00 bits per heavy atom. The molecule has 3 nitrogen and oxygen atoms in total. The molecular weight excluding hydrogens is 216 g/mol. The number of hydrogen-bond acceptors (Lipinski definition) is 3. The van der Waals surface area contributed by atoms with Gasteiger partial charge in [-0.1, -0.05) is 13.0 Å². The number of benzene rings is 1. The van der Waals surface area contributed by atoms with Gasteiger partial charge in [-0.05, 0) is 44.9 Å². The quantitative estimate of drug-likeness (QED) is 0.736. The summed E-state index contributed by atoms with van der Waals surface area (Å²) in [5.41, 5.74) is 1.61. The molecular formula is C14H20O3. The van der Waals surface area contributed by atoms with E-state index in [0.29, 0.717) is 17.9 Å². The molecule has 17 heavy (non-hydrogen) atoms. The van der Waals surface area contributed by atoms with Crippen molar-refractivity contribution in [1.82, 2.24) is 0 Å². The number of hydrogen-bond donors (Lipinski definition) is 0. The first-order valence-electron chi connectivity index (χ1n) is 6.05. The molecule has 94 valence electrons. The molecule has 0 aliphatic heterocycles. The summed E-state index contributed by atoms with van der Waals surface area (Å²) in [6.07, 6.45) is 0.760. The highest BCUT2D eigenvalue weighted by molar-refractivity contribution is 5.92. The third kappa shape index (κ3) is 3.77. The van der Waals surface area contributed by atoms with E-state index in [1.165, 1.54) is 0 Å². The molecule has 0 saturated heterocycles. The van der Waals surface area contributed by atoms with E-state index >= 15 is 0 Å². The van der Waals surface area contributed by atoms with Crippen LogP contribution in [-0.2, 0) is 11.2 Å². The van der Waals surface area contributed by atoms with Crippen molar-refractivity contribution in [3.63, 3.8) is 0 Å². The first kappa shape index (κ1) is 13.6. The van der Waals surface area contributed by atoms with E-state index in [2.05, 4.69) is 0 Å². The van der Waals surface area contributed by atoms with E-state index < -0.39 is 0 Å². The molecule has 0 radical (unpaired) electrons. The number of carbonyl (C=O) groups excluding carboxylic acids is 1. The first-order chi connectivity index (χ1) is 8.08. The Morgan fingerprint density at radius 1 is 1.29 bits per heavy atom. The van der Waals surface area contributed by atoms with Gasteiger partial charge in [0.2, 0.25) is 0 Å². The van der Waals surface area contributed by atoms with Crippen molar-refractivity contribution >= 4 is 5.97 Å². The molecule has 0 fully saturated rings. The molecule has 0 unspecified atom stereocenters. The molecule has 0 bridgehead atoms. The minimum absolute atomic E-state index is 0.123. The molecule has 0 saturated carbocycles. The van der Waals surface area contributed by atoms with Gasteiger partial charge in [-0.3, -0.25) is 0 Å². The van der Waals surface area contributed by atoms with Gasteiger partial charge in [-0.25, -0.2) is 4.79 Å². The SMILES string of the molecule is CCOc1ccc(CC)cc1C(=O)OC(C)C. The third-order valence-corrected chi connectivity index (χ3v) is 2.31. The molecule has 1 rings (SSSR count). The van der Waals surface area contributed by atoms with E-state index in [1.807, 2.05) is 45.9 Å². The maximum absolute atomic E-state index is 11.9. The van der Waals surface area contributed by atoms with Gasteiger partial charge < -0.3 is 9.47 Å². The number of aryl methyl sites for hydroxylation is 1. The van der Waals surface area contributed by atoms with E-state index in [0.717, 1.165) is 12.0 Å². The lowest BCUT2D eigenvalue weighted by Crippen LogP contribution is -2.13. The number of carbonyl (C=O) groups is 1. The molecule has 0 heterocycles. The molecule has 1 aromatic carbocycles. The average molecular weight is 236 g/mol. The van der Waals surface area contributed by atoms with E-state index in [4.69, 9.17) is 9.47 Å². The fourth-order valence-corrected chi connectivity index (χ4v) is 1.52. The molecule has 0 aliphatic carbocycles. The summed E-state index contributed by atoms with van der Waals surface area (Å²) >= 11 is 0. The monoisotopic (exact) mass is 236 g/mol. The van der Waals surface area contributed by atoms with Crippen LogP contribution in [0.5, 0.6) is 5.75 Å². The zero-order valence-electron chi connectivity index (χ0n) is 10.9. The summed E-state index contributed by atoms with van der Waals surface area (Å²) in [4.78, 5) is 11.9. The van der Waals surface area contributed by atoms with Crippen LogP contribution in [0.25, 0.3) is 0 Å². The lowest BCUT2D eigenvalue weighted by atomic mass is 10.1. The predicted octanol–water partition coefficient (Wildman–Crippen LogP) is 3.21. The Bertz CT molecular complexity index is 383. The van der Waals surface area contributed by atoms with Gasteiger partial charge in [0.1, 0.15) is 11.3 Å². The summed E-state index contributed by atoms with van der Waals surface area (Å²) in [5.74, 6) is 0.272.